The average Bonchev–Trinajstić information content (AvgIpc) is 3.24. The Morgan fingerprint density at radius 2 is 2.17 bits per heavy atom. The minimum absolute atomic E-state index is 0.131. The molecule has 24 heavy (non-hydrogen) atoms. The number of rotatable bonds is 3. The van der Waals surface area contributed by atoms with Crippen LogP contribution in [-0.2, 0) is 16.0 Å². The van der Waals surface area contributed by atoms with Gasteiger partial charge in [-0.05, 0) is 43.5 Å². The summed E-state index contributed by atoms with van der Waals surface area (Å²) in [6.07, 6.45) is 3.76. The molecule has 1 aromatic carbocycles. The molecule has 1 saturated heterocycles. The van der Waals surface area contributed by atoms with Crippen LogP contribution in [0.15, 0.2) is 29.6 Å². The summed E-state index contributed by atoms with van der Waals surface area (Å²) in [4.78, 5) is 19.2. The van der Waals surface area contributed by atoms with Crippen molar-refractivity contribution < 1.29 is 13.9 Å². The van der Waals surface area contributed by atoms with E-state index >= 15 is 0 Å². The molecule has 4 nitrogen and oxygen atoms in total. The van der Waals surface area contributed by atoms with Gasteiger partial charge in [-0.1, -0.05) is 0 Å². The molecule has 4 rings (SSSR count). The second kappa shape index (κ2) is 6.61. The monoisotopic (exact) mass is 346 g/mol. The predicted octanol–water partition coefficient (Wildman–Crippen LogP) is 3.27. The molecule has 1 aliphatic carbocycles. The Balaban J connectivity index is 1.45. The molecule has 2 fully saturated rings. The van der Waals surface area contributed by atoms with Crippen LogP contribution in [0, 0.1) is 5.82 Å². The lowest BCUT2D eigenvalue weighted by Gasteiger charge is -2.37. The first-order valence-electron chi connectivity index (χ1n) is 8.32. The first-order chi connectivity index (χ1) is 11.7. The van der Waals surface area contributed by atoms with Crippen LogP contribution >= 0.6 is 11.3 Å². The van der Waals surface area contributed by atoms with E-state index in [0.29, 0.717) is 19.6 Å². The number of morpholine rings is 1. The maximum Gasteiger partial charge on any atom is 0.229 e. The molecule has 0 N–H and O–H groups in total. The van der Waals surface area contributed by atoms with Gasteiger partial charge in [-0.2, -0.15) is 0 Å². The first-order valence-corrected chi connectivity index (χ1v) is 9.20. The Bertz CT molecular complexity index is 731. The third-order valence-corrected chi connectivity index (χ3v) is 5.72. The van der Waals surface area contributed by atoms with Gasteiger partial charge in [0.2, 0.25) is 5.91 Å². The smallest absolute Gasteiger partial charge is 0.229 e. The van der Waals surface area contributed by atoms with Crippen molar-refractivity contribution in [1.82, 2.24) is 9.88 Å². The number of aromatic nitrogens is 1. The summed E-state index contributed by atoms with van der Waals surface area (Å²) in [5.41, 5.74) is 1.66. The number of carbonyl (C=O) groups excluding carboxylic acids is 1. The molecular formula is C18H19FN2O2S. The molecule has 1 amide bonds. The molecule has 0 spiro atoms. The summed E-state index contributed by atoms with van der Waals surface area (Å²) in [6.45, 7) is 1.31. The normalized spacial score (nSPS) is 23.3. The lowest BCUT2D eigenvalue weighted by molar-refractivity contribution is -0.143. The Kier molecular flexibility index (Phi) is 4.33. The Hall–Kier alpha value is -1.79. The minimum Gasteiger partial charge on any atom is -0.374 e. The van der Waals surface area contributed by atoms with Crippen LogP contribution in [0.4, 0.5) is 4.39 Å². The van der Waals surface area contributed by atoms with Crippen molar-refractivity contribution in [2.45, 2.75) is 37.8 Å². The van der Waals surface area contributed by atoms with Gasteiger partial charge < -0.3 is 9.64 Å². The molecule has 2 aromatic rings. The largest absolute Gasteiger partial charge is 0.374 e. The first kappa shape index (κ1) is 15.7. The van der Waals surface area contributed by atoms with E-state index in [1.807, 2.05) is 10.3 Å². The Labute approximate surface area is 144 Å². The lowest BCUT2D eigenvalue weighted by Crippen LogP contribution is -2.51. The highest BCUT2D eigenvalue weighted by Gasteiger charge is 2.38. The summed E-state index contributed by atoms with van der Waals surface area (Å²) in [7, 11) is 0. The number of thiazole rings is 1. The van der Waals surface area contributed by atoms with E-state index in [9.17, 15) is 9.18 Å². The topological polar surface area (TPSA) is 42.4 Å². The molecule has 2 aliphatic rings. The van der Waals surface area contributed by atoms with Crippen molar-refractivity contribution >= 4 is 17.2 Å². The minimum atomic E-state index is -0.260. The number of nitrogens with zero attached hydrogens (tertiary/aromatic N) is 2. The molecule has 1 aliphatic heterocycles. The number of ether oxygens (including phenoxy) is 1. The molecule has 1 saturated carbocycles. The predicted molar refractivity (Wildman–Crippen MR) is 90.3 cm³/mol. The second-order valence-electron chi connectivity index (χ2n) is 6.32. The summed E-state index contributed by atoms with van der Waals surface area (Å²) < 4.78 is 18.8. The third-order valence-electron chi connectivity index (χ3n) is 4.78. The summed E-state index contributed by atoms with van der Waals surface area (Å²) in [6, 6.07) is 6.52. The summed E-state index contributed by atoms with van der Waals surface area (Å²) in [5, 5.41) is 2.74. The van der Waals surface area contributed by atoms with Crippen LogP contribution in [0.25, 0.3) is 10.6 Å². The van der Waals surface area contributed by atoms with Crippen molar-refractivity contribution in [3.8, 4) is 10.6 Å². The fourth-order valence-corrected chi connectivity index (χ4v) is 4.43. The number of fused-ring (bicyclic) bond motifs is 1. The van der Waals surface area contributed by atoms with E-state index < -0.39 is 0 Å². The Morgan fingerprint density at radius 1 is 1.33 bits per heavy atom. The number of halogens is 1. The molecule has 0 radical (unpaired) electrons. The zero-order valence-corrected chi connectivity index (χ0v) is 14.1. The summed E-state index contributed by atoms with van der Waals surface area (Å²) >= 11 is 1.49. The number of benzene rings is 1. The van der Waals surface area contributed by atoms with Gasteiger partial charge in [0.15, 0.2) is 0 Å². The molecule has 0 unspecified atom stereocenters. The average molecular weight is 346 g/mol. The van der Waals surface area contributed by atoms with Crippen LogP contribution < -0.4 is 0 Å². The molecule has 2 atom stereocenters. The van der Waals surface area contributed by atoms with E-state index in [-0.39, 0.29) is 23.9 Å². The van der Waals surface area contributed by atoms with Gasteiger partial charge in [-0.15, -0.1) is 11.3 Å². The van der Waals surface area contributed by atoms with Crippen LogP contribution in [-0.4, -0.2) is 41.1 Å². The second-order valence-corrected chi connectivity index (χ2v) is 7.18. The van der Waals surface area contributed by atoms with Gasteiger partial charge in [-0.25, -0.2) is 9.37 Å². The van der Waals surface area contributed by atoms with Crippen molar-refractivity contribution in [1.29, 1.82) is 0 Å². The van der Waals surface area contributed by atoms with E-state index in [0.717, 1.165) is 35.5 Å². The van der Waals surface area contributed by atoms with Gasteiger partial charge in [0, 0.05) is 17.5 Å². The SMILES string of the molecule is O=C(Cc1csc(-c2ccc(F)cc2)n1)N1CCO[C@H]2CCC[C@H]21. The molecule has 0 bridgehead atoms. The molecule has 1 aromatic heterocycles. The number of hydrogen-bond acceptors (Lipinski definition) is 4. The zero-order valence-electron chi connectivity index (χ0n) is 13.3. The fraction of sp³-hybridized carbons (Fsp3) is 0.444. The standard InChI is InChI=1S/C18H19FN2O2S/c19-13-6-4-12(5-7-13)18-20-14(11-24-18)10-17(22)21-8-9-23-16-3-1-2-15(16)21/h4-7,11,15-16H,1-3,8-10H2/t15-,16+/m1/s1. The van der Waals surface area contributed by atoms with Gasteiger partial charge in [0.1, 0.15) is 10.8 Å². The molecule has 2 heterocycles. The number of amides is 1. The van der Waals surface area contributed by atoms with E-state index in [4.69, 9.17) is 4.74 Å². The van der Waals surface area contributed by atoms with Crippen LogP contribution in [0.2, 0.25) is 0 Å². The third kappa shape index (κ3) is 3.08. The maximum absolute atomic E-state index is 13.0. The van der Waals surface area contributed by atoms with Crippen LogP contribution in [0.3, 0.4) is 0 Å². The molecular weight excluding hydrogens is 327 g/mol. The van der Waals surface area contributed by atoms with Gasteiger partial charge >= 0.3 is 0 Å². The highest BCUT2D eigenvalue weighted by atomic mass is 32.1. The number of hydrogen-bond donors (Lipinski definition) is 0. The molecule has 6 heteroatoms. The van der Waals surface area contributed by atoms with E-state index in [2.05, 4.69) is 4.98 Å². The van der Waals surface area contributed by atoms with Crippen molar-refractivity contribution in [3.63, 3.8) is 0 Å². The Morgan fingerprint density at radius 3 is 3.00 bits per heavy atom. The van der Waals surface area contributed by atoms with Crippen LogP contribution in [0.1, 0.15) is 25.0 Å². The van der Waals surface area contributed by atoms with Crippen molar-refractivity contribution in [2.75, 3.05) is 13.2 Å². The fourth-order valence-electron chi connectivity index (χ4n) is 3.61. The van der Waals surface area contributed by atoms with Gasteiger partial charge in [-0.3, -0.25) is 4.79 Å². The van der Waals surface area contributed by atoms with Crippen molar-refractivity contribution in [2.24, 2.45) is 0 Å². The maximum atomic E-state index is 13.0. The molecule has 126 valence electrons. The van der Waals surface area contributed by atoms with Crippen molar-refractivity contribution in [3.05, 3.63) is 41.2 Å². The van der Waals surface area contributed by atoms with Gasteiger partial charge in [0.25, 0.3) is 0 Å². The van der Waals surface area contributed by atoms with E-state index in [1.54, 1.807) is 12.1 Å². The quantitative estimate of drug-likeness (QED) is 0.857. The van der Waals surface area contributed by atoms with E-state index in [1.165, 1.54) is 23.5 Å². The highest BCUT2D eigenvalue weighted by Crippen LogP contribution is 2.30. The van der Waals surface area contributed by atoms with Crippen LogP contribution in [0.5, 0.6) is 0 Å². The van der Waals surface area contributed by atoms with Gasteiger partial charge in [0.05, 0.1) is 30.9 Å². The number of carbonyl (C=O) groups is 1. The lowest BCUT2D eigenvalue weighted by atomic mass is 10.1. The zero-order chi connectivity index (χ0) is 16.5. The highest BCUT2D eigenvalue weighted by molar-refractivity contribution is 7.13. The summed E-state index contributed by atoms with van der Waals surface area (Å²) in [5.74, 6) is -0.129.